The number of hydrogen-bond donors (Lipinski definition) is 2. The maximum atomic E-state index is 10.9. The normalized spacial score (nSPS) is 12.3. The molecule has 0 aromatic heterocycles. The van der Waals surface area contributed by atoms with Crippen molar-refractivity contribution in [2.75, 3.05) is 0 Å². The molecule has 82 valence electrons. The third kappa shape index (κ3) is 3.62. The number of carboxylic acid groups (broad SMARTS) is 1. The maximum Gasteiger partial charge on any atom is 0.306 e. The van der Waals surface area contributed by atoms with Gasteiger partial charge in [-0.3, -0.25) is 4.79 Å². The van der Waals surface area contributed by atoms with Crippen LogP contribution in [-0.4, -0.2) is 16.2 Å². The van der Waals surface area contributed by atoms with Gasteiger partial charge in [-0.1, -0.05) is 25.5 Å². The van der Waals surface area contributed by atoms with Gasteiger partial charge in [-0.2, -0.15) is 0 Å². The van der Waals surface area contributed by atoms with E-state index in [1.165, 1.54) is 0 Å². The van der Waals surface area contributed by atoms with E-state index < -0.39 is 5.97 Å². The van der Waals surface area contributed by atoms with Crippen LogP contribution >= 0.6 is 0 Å². The molecule has 0 saturated carbocycles. The van der Waals surface area contributed by atoms with Crippen molar-refractivity contribution in [1.82, 2.24) is 0 Å². The van der Waals surface area contributed by atoms with Crippen LogP contribution in [-0.2, 0) is 11.2 Å². The highest BCUT2D eigenvalue weighted by atomic mass is 16.4. The fraction of sp³-hybridized carbons (Fsp3) is 0.417. The lowest BCUT2D eigenvalue weighted by atomic mass is 9.95. The maximum absolute atomic E-state index is 10.9. The molecule has 0 aliphatic carbocycles. The number of aromatic hydroxyl groups is 1. The predicted octanol–water partition coefficient (Wildman–Crippen LogP) is 2.44. The molecule has 1 aromatic rings. The number of rotatable bonds is 5. The second-order valence-electron chi connectivity index (χ2n) is 3.70. The Bertz CT molecular complexity index is 333. The second-order valence-corrected chi connectivity index (χ2v) is 3.70. The molecule has 0 radical (unpaired) electrons. The van der Waals surface area contributed by atoms with Gasteiger partial charge < -0.3 is 10.2 Å². The lowest BCUT2D eigenvalue weighted by molar-refractivity contribution is -0.141. The summed E-state index contributed by atoms with van der Waals surface area (Å²) in [5.41, 5.74) is 0.871. The Morgan fingerprint density at radius 3 is 2.73 bits per heavy atom. The van der Waals surface area contributed by atoms with E-state index in [1.807, 2.05) is 13.0 Å². The summed E-state index contributed by atoms with van der Waals surface area (Å²) in [6, 6.07) is 6.77. The number of phenolic OH excluding ortho intramolecular Hbond substituents is 1. The summed E-state index contributed by atoms with van der Waals surface area (Å²) in [7, 11) is 0. The standard InChI is InChI=1S/C12H16O3/c1-2-4-10(12(14)15)7-9-5-3-6-11(13)8-9/h3,5-6,8,10,13H,2,4,7H2,1H3,(H,14,15). The van der Waals surface area contributed by atoms with E-state index in [2.05, 4.69) is 0 Å². The zero-order chi connectivity index (χ0) is 11.3. The van der Waals surface area contributed by atoms with Crippen LogP contribution in [0.25, 0.3) is 0 Å². The van der Waals surface area contributed by atoms with Crippen LogP contribution in [0.4, 0.5) is 0 Å². The van der Waals surface area contributed by atoms with Gasteiger partial charge in [-0.25, -0.2) is 0 Å². The third-order valence-electron chi connectivity index (χ3n) is 2.38. The van der Waals surface area contributed by atoms with E-state index in [9.17, 15) is 9.90 Å². The van der Waals surface area contributed by atoms with Crippen LogP contribution < -0.4 is 0 Å². The highest BCUT2D eigenvalue weighted by molar-refractivity contribution is 5.70. The van der Waals surface area contributed by atoms with Gasteiger partial charge in [0.05, 0.1) is 5.92 Å². The molecule has 3 heteroatoms. The minimum absolute atomic E-state index is 0.188. The number of aliphatic carboxylic acids is 1. The third-order valence-corrected chi connectivity index (χ3v) is 2.38. The Balaban J connectivity index is 2.69. The van der Waals surface area contributed by atoms with Crippen molar-refractivity contribution in [3.8, 4) is 5.75 Å². The minimum Gasteiger partial charge on any atom is -0.508 e. The van der Waals surface area contributed by atoms with Crippen molar-refractivity contribution in [1.29, 1.82) is 0 Å². The van der Waals surface area contributed by atoms with Gasteiger partial charge in [0.25, 0.3) is 0 Å². The van der Waals surface area contributed by atoms with Gasteiger partial charge in [0.15, 0.2) is 0 Å². The highest BCUT2D eigenvalue weighted by Crippen LogP contribution is 2.18. The van der Waals surface area contributed by atoms with Crippen molar-refractivity contribution in [2.24, 2.45) is 5.92 Å². The lowest BCUT2D eigenvalue weighted by Crippen LogP contribution is -2.16. The molecule has 15 heavy (non-hydrogen) atoms. The van der Waals surface area contributed by atoms with Gasteiger partial charge >= 0.3 is 5.97 Å². The zero-order valence-corrected chi connectivity index (χ0v) is 8.81. The monoisotopic (exact) mass is 208 g/mol. The van der Waals surface area contributed by atoms with Crippen molar-refractivity contribution >= 4 is 5.97 Å². The molecule has 0 amide bonds. The van der Waals surface area contributed by atoms with Crippen LogP contribution in [0, 0.1) is 5.92 Å². The van der Waals surface area contributed by atoms with Crippen LogP contribution in [0.3, 0.4) is 0 Å². The number of benzene rings is 1. The Morgan fingerprint density at radius 1 is 1.47 bits per heavy atom. The quantitative estimate of drug-likeness (QED) is 0.781. The van der Waals surface area contributed by atoms with Crippen molar-refractivity contribution in [3.05, 3.63) is 29.8 Å². The van der Waals surface area contributed by atoms with E-state index in [1.54, 1.807) is 18.2 Å². The Labute approximate surface area is 89.4 Å². The molecule has 3 nitrogen and oxygen atoms in total. The lowest BCUT2D eigenvalue weighted by Gasteiger charge is -2.10. The first kappa shape index (κ1) is 11.6. The van der Waals surface area contributed by atoms with Gasteiger partial charge in [-0.05, 0) is 30.5 Å². The summed E-state index contributed by atoms with van der Waals surface area (Å²) in [6.45, 7) is 1.97. The zero-order valence-electron chi connectivity index (χ0n) is 8.81. The smallest absolute Gasteiger partial charge is 0.306 e. The molecular weight excluding hydrogens is 192 g/mol. The largest absolute Gasteiger partial charge is 0.508 e. The van der Waals surface area contributed by atoms with E-state index in [-0.39, 0.29) is 11.7 Å². The highest BCUT2D eigenvalue weighted by Gasteiger charge is 2.16. The molecule has 0 spiro atoms. The fourth-order valence-electron chi connectivity index (χ4n) is 1.63. The van der Waals surface area contributed by atoms with Gasteiger partial charge in [0.1, 0.15) is 5.75 Å². The molecule has 0 saturated heterocycles. The first-order valence-electron chi connectivity index (χ1n) is 5.14. The second kappa shape index (κ2) is 5.39. The van der Waals surface area contributed by atoms with Gasteiger partial charge in [0.2, 0.25) is 0 Å². The molecule has 1 aromatic carbocycles. The molecule has 1 atom stereocenters. The van der Waals surface area contributed by atoms with E-state index in [0.29, 0.717) is 12.8 Å². The van der Waals surface area contributed by atoms with Crippen LogP contribution in [0.5, 0.6) is 5.75 Å². The number of carboxylic acids is 1. The topological polar surface area (TPSA) is 57.5 Å². The number of hydrogen-bond acceptors (Lipinski definition) is 2. The minimum atomic E-state index is -0.764. The Morgan fingerprint density at radius 2 is 2.20 bits per heavy atom. The first-order chi connectivity index (χ1) is 7.13. The van der Waals surface area contributed by atoms with Crippen LogP contribution in [0.1, 0.15) is 25.3 Å². The van der Waals surface area contributed by atoms with Crippen molar-refractivity contribution in [2.45, 2.75) is 26.2 Å². The molecule has 0 bridgehead atoms. The summed E-state index contributed by atoms with van der Waals surface area (Å²) in [5.74, 6) is -0.926. The van der Waals surface area contributed by atoms with Crippen molar-refractivity contribution in [3.63, 3.8) is 0 Å². The Hall–Kier alpha value is -1.51. The summed E-state index contributed by atoms with van der Waals surface area (Å²) in [4.78, 5) is 10.9. The van der Waals surface area contributed by atoms with E-state index in [4.69, 9.17) is 5.11 Å². The molecule has 1 unspecified atom stereocenters. The SMILES string of the molecule is CCCC(Cc1cccc(O)c1)C(=O)O. The molecule has 2 N–H and O–H groups in total. The molecule has 1 rings (SSSR count). The van der Waals surface area contributed by atoms with Crippen molar-refractivity contribution < 1.29 is 15.0 Å². The molecule has 0 aliphatic heterocycles. The summed E-state index contributed by atoms with van der Waals surface area (Å²) in [6.07, 6.45) is 2.01. The van der Waals surface area contributed by atoms with Crippen LogP contribution in [0.2, 0.25) is 0 Å². The first-order valence-corrected chi connectivity index (χ1v) is 5.14. The molecule has 0 aliphatic rings. The average molecular weight is 208 g/mol. The summed E-state index contributed by atoms with van der Waals surface area (Å²) in [5, 5.41) is 18.2. The summed E-state index contributed by atoms with van der Waals surface area (Å²) < 4.78 is 0. The average Bonchev–Trinajstić information content (AvgIpc) is 2.17. The summed E-state index contributed by atoms with van der Waals surface area (Å²) >= 11 is 0. The van der Waals surface area contributed by atoms with E-state index in [0.717, 1.165) is 12.0 Å². The fourth-order valence-corrected chi connectivity index (χ4v) is 1.63. The number of phenols is 1. The molecule has 0 heterocycles. The van der Waals surface area contributed by atoms with Gasteiger partial charge in [-0.15, -0.1) is 0 Å². The number of carbonyl (C=O) groups is 1. The van der Waals surface area contributed by atoms with Gasteiger partial charge in [0, 0.05) is 0 Å². The predicted molar refractivity (Wildman–Crippen MR) is 57.8 cm³/mol. The molecular formula is C12H16O3. The Kier molecular flexibility index (Phi) is 4.16. The van der Waals surface area contributed by atoms with E-state index >= 15 is 0 Å². The molecule has 0 fully saturated rings. The van der Waals surface area contributed by atoms with Crippen LogP contribution in [0.15, 0.2) is 24.3 Å².